The zero-order valence-electron chi connectivity index (χ0n) is 23.4. The van der Waals surface area contributed by atoms with Crippen molar-refractivity contribution in [1.29, 1.82) is 0 Å². The molecule has 0 bridgehead atoms. The number of carbonyl (C=O) groups is 2. The van der Waals surface area contributed by atoms with Crippen LogP contribution in [0.5, 0.6) is 11.5 Å². The minimum absolute atomic E-state index is 0.00549. The summed E-state index contributed by atoms with van der Waals surface area (Å²) in [7, 11) is 1.46. The number of aliphatic hydroxyl groups is 3. The number of hydrogen-bond donors (Lipinski definition) is 4. The maximum absolute atomic E-state index is 14.0. The Bertz CT molecular complexity index is 1530. The highest BCUT2D eigenvalue weighted by Crippen LogP contribution is 2.51. The summed E-state index contributed by atoms with van der Waals surface area (Å²) in [4.78, 5) is 29.0. The summed E-state index contributed by atoms with van der Waals surface area (Å²) in [6.07, 6.45) is -0.602. The van der Waals surface area contributed by atoms with Gasteiger partial charge in [0.1, 0.15) is 12.2 Å². The fourth-order valence-electron chi connectivity index (χ4n) is 5.68. The number of carbonyl (C=O) groups excluding carboxylic acids is 2. The van der Waals surface area contributed by atoms with E-state index in [2.05, 4.69) is 5.32 Å². The van der Waals surface area contributed by atoms with Crippen molar-refractivity contribution in [2.75, 3.05) is 20.3 Å². The minimum atomic E-state index is -1.26. The number of aliphatic hydroxyl groups excluding tert-OH is 3. The third kappa shape index (κ3) is 6.37. The van der Waals surface area contributed by atoms with Crippen molar-refractivity contribution in [3.63, 3.8) is 0 Å². The first-order valence-electron chi connectivity index (χ1n) is 13.8. The van der Waals surface area contributed by atoms with Crippen LogP contribution in [-0.2, 0) is 29.2 Å². The molecule has 0 fully saturated rings. The lowest BCUT2D eigenvalue weighted by Crippen LogP contribution is -2.55. The summed E-state index contributed by atoms with van der Waals surface area (Å²) >= 11 is 12.6. The molecule has 226 valence electrons. The van der Waals surface area contributed by atoms with Gasteiger partial charge in [-0.25, -0.2) is 0 Å². The van der Waals surface area contributed by atoms with E-state index in [9.17, 15) is 24.9 Å². The van der Waals surface area contributed by atoms with E-state index in [4.69, 9.17) is 32.7 Å². The number of rotatable bonds is 10. The number of benzene rings is 3. The molecule has 1 aliphatic carbocycles. The van der Waals surface area contributed by atoms with Crippen LogP contribution in [0.1, 0.15) is 28.2 Å². The quantitative estimate of drug-likeness (QED) is 0.271. The lowest BCUT2D eigenvalue weighted by Gasteiger charge is -2.41. The van der Waals surface area contributed by atoms with Crippen LogP contribution >= 0.6 is 23.2 Å². The van der Waals surface area contributed by atoms with Gasteiger partial charge in [-0.3, -0.25) is 9.59 Å². The van der Waals surface area contributed by atoms with Gasteiger partial charge in [-0.05, 0) is 47.0 Å². The van der Waals surface area contributed by atoms with Gasteiger partial charge in [0.25, 0.3) is 0 Å². The largest absolute Gasteiger partial charge is 0.493 e. The number of halogens is 2. The minimum Gasteiger partial charge on any atom is -0.493 e. The molecule has 1 aliphatic heterocycles. The van der Waals surface area contributed by atoms with Gasteiger partial charge >= 0.3 is 0 Å². The van der Waals surface area contributed by atoms with Crippen LogP contribution in [0.3, 0.4) is 0 Å². The second-order valence-corrected chi connectivity index (χ2v) is 11.3. The smallest absolute Gasteiger partial charge is 0.247 e. The van der Waals surface area contributed by atoms with Gasteiger partial charge in [0, 0.05) is 34.3 Å². The van der Waals surface area contributed by atoms with Crippen LogP contribution in [0.4, 0.5) is 0 Å². The van der Waals surface area contributed by atoms with Crippen LogP contribution in [0.15, 0.2) is 72.3 Å². The Hall–Kier alpha value is -3.60. The van der Waals surface area contributed by atoms with Gasteiger partial charge < -0.3 is 35.0 Å². The molecule has 0 radical (unpaired) electrons. The van der Waals surface area contributed by atoms with E-state index in [1.165, 1.54) is 12.0 Å². The highest BCUT2D eigenvalue weighted by Gasteiger charge is 2.51. The number of ether oxygens (including phenoxy) is 2. The summed E-state index contributed by atoms with van der Waals surface area (Å²) < 4.78 is 11.8. The van der Waals surface area contributed by atoms with Gasteiger partial charge in [-0.1, -0.05) is 59.6 Å². The van der Waals surface area contributed by atoms with Crippen molar-refractivity contribution >= 4 is 35.0 Å². The molecule has 0 spiro atoms. The molecule has 0 saturated heterocycles. The maximum atomic E-state index is 14.0. The van der Waals surface area contributed by atoms with Crippen LogP contribution in [0, 0.1) is 0 Å². The molecule has 2 amide bonds. The summed E-state index contributed by atoms with van der Waals surface area (Å²) in [5.74, 6) is -0.823. The Labute approximate surface area is 259 Å². The summed E-state index contributed by atoms with van der Waals surface area (Å²) in [5.41, 5.74) is 2.75. The van der Waals surface area contributed by atoms with E-state index in [-0.39, 0.29) is 44.2 Å². The van der Waals surface area contributed by atoms with Crippen molar-refractivity contribution in [2.24, 2.45) is 0 Å². The first kappa shape index (κ1) is 30.8. The molecule has 0 saturated carbocycles. The lowest BCUT2D eigenvalue weighted by atomic mass is 9.77. The second kappa shape index (κ2) is 13.4. The van der Waals surface area contributed by atoms with Crippen LogP contribution in [0.25, 0.3) is 0 Å². The predicted octanol–water partition coefficient (Wildman–Crippen LogP) is 3.39. The zero-order valence-corrected chi connectivity index (χ0v) is 24.9. The molecule has 11 heteroatoms. The van der Waals surface area contributed by atoms with E-state index < -0.39 is 30.1 Å². The van der Waals surface area contributed by atoms with Gasteiger partial charge in [-0.15, -0.1) is 0 Å². The van der Waals surface area contributed by atoms with Crippen molar-refractivity contribution in [2.45, 2.75) is 43.7 Å². The normalized spacial score (nSPS) is 20.4. The van der Waals surface area contributed by atoms with Gasteiger partial charge in [-0.2, -0.15) is 0 Å². The molecule has 0 aromatic heterocycles. The Morgan fingerprint density at radius 3 is 2.49 bits per heavy atom. The number of methoxy groups -OCH3 is 1. The molecular formula is C32H32Cl2N2O7. The Kier molecular flexibility index (Phi) is 9.59. The first-order valence-corrected chi connectivity index (χ1v) is 14.6. The molecular weight excluding hydrogens is 595 g/mol. The van der Waals surface area contributed by atoms with E-state index >= 15 is 0 Å². The van der Waals surface area contributed by atoms with Crippen molar-refractivity contribution in [3.8, 4) is 11.5 Å². The molecule has 1 heterocycles. The maximum Gasteiger partial charge on any atom is 0.247 e. The molecule has 3 aromatic carbocycles. The number of nitrogens with one attached hydrogen (secondary N) is 1. The lowest BCUT2D eigenvalue weighted by molar-refractivity contribution is -0.137. The number of fused-ring (bicyclic) bond motifs is 3. The molecule has 43 heavy (non-hydrogen) atoms. The monoisotopic (exact) mass is 626 g/mol. The zero-order chi connectivity index (χ0) is 30.7. The molecule has 2 aliphatic rings. The predicted molar refractivity (Wildman–Crippen MR) is 161 cm³/mol. The Balaban J connectivity index is 1.61. The van der Waals surface area contributed by atoms with Crippen LogP contribution in [0.2, 0.25) is 10.0 Å². The second-order valence-electron chi connectivity index (χ2n) is 10.4. The number of amides is 2. The van der Waals surface area contributed by atoms with Gasteiger partial charge in [0.15, 0.2) is 11.5 Å². The van der Waals surface area contributed by atoms with Gasteiger partial charge in [0.2, 0.25) is 11.8 Å². The molecule has 5 rings (SSSR count). The topological polar surface area (TPSA) is 129 Å². The Morgan fingerprint density at radius 1 is 1.05 bits per heavy atom. The van der Waals surface area contributed by atoms with E-state index in [1.54, 1.807) is 36.4 Å². The Morgan fingerprint density at radius 2 is 1.81 bits per heavy atom. The van der Waals surface area contributed by atoms with Crippen LogP contribution in [-0.4, -0.2) is 70.5 Å². The average Bonchev–Trinajstić information content (AvgIpc) is 3.40. The molecule has 4 atom stereocenters. The van der Waals surface area contributed by atoms with Crippen molar-refractivity contribution in [3.05, 3.63) is 105 Å². The summed E-state index contributed by atoms with van der Waals surface area (Å²) in [5, 5.41) is 34.6. The third-order valence-electron chi connectivity index (χ3n) is 7.73. The number of nitrogens with zero attached hydrogens (tertiary/aromatic N) is 1. The summed E-state index contributed by atoms with van der Waals surface area (Å²) in [6, 6.07) is 16.5. The molecule has 9 nitrogen and oxygen atoms in total. The fourth-order valence-corrected chi connectivity index (χ4v) is 6.15. The molecule has 3 aromatic rings. The standard InChI is InChI=1S/C32H32Cl2N2O7/c1-42-26-12-19(17-38)11-22-28-23(32(41)35-9-10-37)15-25(29(40)31(28)43-30(22)26)36(16-20-7-8-21(33)14-24(20)34)27(39)13-18-5-3-2-4-6-18/h2-8,11-12,14-15,25,28-29,31,37-38,40H,9-10,13,16-17H2,1H3,(H,35,41). The highest BCUT2D eigenvalue weighted by molar-refractivity contribution is 6.35. The average molecular weight is 628 g/mol. The molecule has 4 N–H and O–H groups in total. The molecule has 4 unspecified atom stereocenters. The van der Waals surface area contributed by atoms with E-state index in [0.29, 0.717) is 38.2 Å². The van der Waals surface area contributed by atoms with Gasteiger partial charge in [0.05, 0.1) is 38.7 Å². The third-order valence-corrected chi connectivity index (χ3v) is 8.32. The highest BCUT2D eigenvalue weighted by atomic mass is 35.5. The van der Waals surface area contributed by atoms with E-state index in [1.807, 2.05) is 30.3 Å². The van der Waals surface area contributed by atoms with Crippen molar-refractivity contribution in [1.82, 2.24) is 10.2 Å². The van der Waals surface area contributed by atoms with Crippen LogP contribution < -0.4 is 14.8 Å². The number of hydrogen-bond acceptors (Lipinski definition) is 7. The first-order chi connectivity index (χ1) is 20.7. The van der Waals surface area contributed by atoms with Crippen molar-refractivity contribution < 1.29 is 34.4 Å². The summed E-state index contributed by atoms with van der Waals surface area (Å²) in [6.45, 7) is -0.518. The SMILES string of the molecule is COc1cc(CO)cc2c1OC1C2C(C(=O)NCCO)=CC(N(Cc2ccc(Cl)cc2Cl)C(=O)Cc2ccccc2)C1O. The fraction of sp³-hybridized carbons (Fsp3) is 0.312. The van der Waals surface area contributed by atoms with E-state index in [0.717, 1.165) is 5.56 Å².